The molecule has 7 N–H and O–H groups in total. The Morgan fingerprint density at radius 2 is 1.03 bits per heavy atom. The predicted octanol–water partition coefficient (Wildman–Crippen LogP) is 7.27. The second kappa shape index (κ2) is 27.6. The first-order valence-electron chi connectivity index (χ1n) is 11.4. The van der Waals surface area contributed by atoms with Gasteiger partial charge in [-0.15, -0.1) is 48.8 Å². The Bertz CT molecular complexity index is 891. The molecule has 3 aromatic rings. The first kappa shape index (κ1) is 45.4. The lowest BCUT2D eigenvalue weighted by atomic mass is 10.0. The van der Waals surface area contributed by atoms with E-state index in [9.17, 15) is 5.11 Å². The van der Waals surface area contributed by atoms with Gasteiger partial charge in [0, 0.05) is 39.5 Å². The van der Waals surface area contributed by atoms with E-state index in [1.54, 1.807) is 6.92 Å². The SMILES string of the molecule is CC(N)C(Cl)c1ccccc1.CC(N)C(O)c1ccccc1.CC(N)Cc1ccccc1.Cl.Cl.Cl.O=S(Cl)Cl. The Morgan fingerprint density at radius 1 is 0.692 bits per heavy atom. The van der Waals surface area contributed by atoms with Crippen LogP contribution in [0.1, 0.15) is 48.9 Å². The van der Waals surface area contributed by atoms with Crippen LogP contribution in [0.4, 0.5) is 0 Å². The molecule has 39 heavy (non-hydrogen) atoms. The van der Waals surface area contributed by atoms with Gasteiger partial charge in [0.05, 0.1) is 11.5 Å². The van der Waals surface area contributed by atoms with Crippen molar-refractivity contribution in [3.8, 4) is 0 Å². The Hall–Kier alpha value is -0.610. The van der Waals surface area contributed by atoms with Gasteiger partial charge in [-0.3, -0.25) is 0 Å². The average Bonchev–Trinajstić information content (AvgIpc) is 2.85. The minimum Gasteiger partial charge on any atom is -0.387 e. The summed E-state index contributed by atoms with van der Waals surface area (Å²) in [6.07, 6.45) is 0.428. The van der Waals surface area contributed by atoms with Crippen LogP contribution in [0.15, 0.2) is 91.0 Å². The lowest BCUT2D eigenvalue weighted by Gasteiger charge is -2.13. The van der Waals surface area contributed by atoms with Gasteiger partial charge in [0.2, 0.25) is 9.23 Å². The molecule has 0 fully saturated rings. The maximum Gasteiger partial charge on any atom is 0.211 e. The molecular formula is C27H41Cl6N3O2S. The second-order valence-corrected chi connectivity index (χ2v) is 11.2. The molecule has 0 aliphatic rings. The number of nitrogens with two attached hydrogens (primary N) is 3. The van der Waals surface area contributed by atoms with E-state index in [-0.39, 0.29) is 60.7 Å². The van der Waals surface area contributed by atoms with E-state index in [1.165, 1.54) is 5.56 Å². The van der Waals surface area contributed by atoms with Crippen LogP contribution in [-0.2, 0) is 15.6 Å². The quantitative estimate of drug-likeness (QED) is 0.161. The van der Waals surface area contributed by atoms with Crippen molar-refractivity contribution >= 4 is 79.4 Å². The number of halogens is 6. The zero-order valence-corrected chi connectivity index (χ0v) is 27.6. The lowest BCUT2D eigenvalue weighted by molar-refractivity contribution is 0.153. The fourth-order valence-electron chi connectivity index (χ4n) is 2.88. The Labute approximate surface area is 268 Å². The van der Waals surface area contributed by atoms with Gasteiger partial charge in [0.1, 0.15) is 0 Å². The van der Waals surface area contributed by atoms with Crippen LogP contribution in [0.3, 0.4) is 0 Å². The highest BCUT2D eigenvalue weighted by Crippen LogP contribution is 2.22. The maximum atomic E-state index is 9.47. The number of benzene rings is 3. The van der Waals surface area contributed by atoms with Gasteiger partial charge in [-0.1, -0.05) is 91.0 Å². The molecule has 0 aliphatic carbocycles. The van der Waals surface area contributed by atoms with Crippen molar-refractivity contribution in [3.05, 3.63) is 108 Å². The molecule has 5 unspecified atom stereocenters. The van der Waals surface area contributed by atoms with Crippen LogP contribution < -0.4 is 17.2 Å². The third kappa shape index (κ3) is 24.9. The Morgan fingerprint density at radius 3 is 1.33 bits per heavy atom. The molecule has 0 radical (unpaired) electrons. The maximum absolute atomic E-state index is 9.47. The highest BCUT2D eigenvalue weighted by Gasteiger charge is 2.11. The van der Waals surface area contributed by atoms with E-state index in [2.05, 4.69) is 33.5 Å². The number of alkyl halides is 1. The molecule has 0 spiro atoms. The zero-order chi connectivity index (χ0) is 27.5. The Kier molecular flexibility index (Phi) is 32.1. The minimum atomic E-state index is -1.67. The highest BCUT2D eigenvalue weighted by atomic mass is 36.0. The Balaban J connectivity index is -0.000000213. The molecule has 3 rings (SSSR count). The summed E-state index contributed by atoms with van der Waals surface area (Å²) in [5.74, 6) is 0. The van der Waals surface area contributed by atoms with Crippen molar-refractivity contribution in [2.24, 2.45) is 17.2 Å². The third-order valence-corrected chi connectivity index (χ3v) is 5.27. The van der Waals surface area contributed by atoms with Gasteiger partial charge < -0.3 is 22.3 Å². The van der Waals surface area contributed by atoms with E-state index in [1.807, 2.05) is 92.7 Å². The molecule has 0 bridgehead atoms. The molecule has 5 nitrogen and oxygen atoms in total. The second-order valence-electron chi connectivity index (χ2n) is 8.24. The molecule has 0 aliphatic heterocycles. The summed E-state index contributed by atoms with van der Waals surface area (Å²) >= 11 is 6.02. The molecular weight excluding hydrogens is 643 g/mol. The minimum absolute atomic E-state index is 0. The van der Waals surface area contributed by atoms with Gasteiger partial charge in [-0.25, -0.2) is 4.21 Å². The molecule has 0 heterocycles. The monoisotopic (exact) mass is 681 g/mol. The summed E-state index contributed by atoms with van der Waals surface area (Å²) in [4.78, 5) is 0. The van der Waals surface area contributed by atoms with Gasteiger partial charge in [-0.05, 0) is 43.9 Å². The van der Waals surface area contributed by atoms with Gasteiger partial charge >= 0.3 is 0 Å². The van der Waals surface area contributed by atoms with E-state index in [0.29, 0.717) is 0 Å². The topological polar surface area (TPSA) is 115 Å². The normalized spacial score (nSPS) is 13.2. The fourth-order valence-corrected chi connectivity index (χ4v) is 3.03. The first-order chi connectivity index (χ1) is 17.0. The fraction of sp³-hybridized carbons (Fsp3) is 0.333. The third-order valence-electron chi connectivity index (χ3n) is 4.62. The number of hydrogen-bond acceptors (Lipinski definition) is 5. The van der Waals surface area contributed by atoms with Crippen LogP contribution in [-0.4, -0.2) is 27.4 Å². The lowest BCUT2D eigenvalue weighted by Crippen LogP contribution is -2.24. The summed E-state index contributed by atoms with van der Waals surface area (Å²) in [5.41, 5.74) is 20.1. The van der Waals surface area contributed by atoms with Crippen molar-refractivity contribution in [3.63, 3.8) is 0 Å². The van der Waals surface area contributed by atoms with Crippen molar-refractivity contribution in [1.82, 2.24) is 0 Å². The van der Waals surface area contributed by atoms with Crippen molar-refractivity contribution < 1.29 is 9.32 Å². The molecule has 12 heteroatoms. The van der Waals surface area contributed by atoms with Crippen LogP contribution >= 0.6 is 70.2 Å². The van der Waals surface area contributed by atoms with E-state index >= 15 is 0 Å². The molecule has 0 saturated carbocycles. The predicted molar refractivity (Wildman–Crippen MR) is 179 cm³/mol. The zero-order valence-electron chi connectivity index (χ0n) is 22.1. The van der Waals surface area contributed by atoms with Gasteiger partial charge in [0.15, 0.2) is 0 Å². The van der Waals surface area contributed by atoms with E-state index < -0.39 is 15.3 Å². The molecule has 0 amide bonds. The smallest absolute Gasteiger partial charge is 0.211 e. The van der Waals surface area contributed by atoms with Gasteiger partial charge in [0.25, 0.3) is 0 Å². The van der Waals surface area contributed by atoms with Crippen LogP contribution in [0.25, 0.3) is 0 Å². The summed E-state index contributed by atoms with van der Waals surface area (Å²) in [7, 11) is 7.36. The van der Waals surface area contributed by atoms with E-state index in [4.69, 9.17) is 33.0 Å². The average molecular weight is 684 g/mol. The largest absolute Gasteiger partial charge is 0.387 e. The first-order valence-corrected chi connectivity index (χ1v) is 14.7. The number of aliphatic hydroxyl groups excluding tert-OH is 1. The molecule has 0 aromatic heterocycles. The number of aliphatic hydroxyl groups is 1. The van der Waals surface area contributed by atoms with Crippen molar-refractivity contribution in [2.75, 3.05) is 0 Å². The molecule has 224 valence electrons. The van der Waals surface area contributed by atoms with Crippen molar-refractivity contribution in [2.45, 2.75) is 56.8 Å². The van der Waals surface area contributed by atoms with Crippen molar-refractivity contribution in [1.29, 1.82) is 0 Å². The highest BCUT2D eigenvalue weighted by molar-refractivity contribution is 8.26. The molecule has 3 aromatic carbocycles. The molecule has 0 saturated heterocycles. The summed E-state index contributed by atoms with van der Waals surface area (Å²) in [6, 6.07) is 29.7. The van der Waals surface area contributed by atoms with Gasteiger partial charge in [-0.2, -0.15) is 0 Å². The summed E-state index contributed by atoms with van der Waals surface area (Å²) in [6.45, 7) is 5.72. The van der Waals surface area contributed by atoms with E-state index in [0.717, 1.165) is 17.5 Å². The summed E-state index contributed by atoms with van der Waals surface area (Å²) < 4.78 is 9.09. The number of rotatable bonds is 6. The van der Waals surface area contributed by atoms with Crippen LogP contribution in [0.5, 0.6) is 0 Å². The van der Waals surface area contributed by atoms with Crippen LogP contribution in [0.2, 0.25) is 0 Å². The number of hydrogen-bond donors (Lipinski definition) is 4. The summed E-state index contributed by atoms with van der Waals surface area (Å²) in [5, 5.41) is 9.40. The molecule has 5 atom stereocenters. The van der Waals surface area contributed by atoms with Crippen LogP contribution in [0, 0.1) is 0 Å². The standard InChI is InChI=1S/C9H12ClN.C9H13NO.C9H13N.Cl2OS.3ClH/c1-7(11)9(10)8-5-3-2-4-6-8;1-7(10)9(11)8-5-3-2-4-6-8;1-8(10)7-9-5-3-2-4-6-9;1-4(2)3;;;/h2-7,9H,11H2,1H3;2-7,9,11H,10H2,1H3;2-6,8H,7,10H2,1H3;;3*1H.